The molecule has 8 nitrogen and oxygen atoms in total. The molecule has 3 N–H and O–H groups in total. The van der Waals surface area contributed by atoms with Crippen molar-refractivity contribution in [1.29, 1.82) is 0 Å². The van der Waals surface area contributed by atoms with Crippen molar-refractivity contribution in [2.24, 2.45) is 0 Å². The van der Waals surface area contributed by atoms with Crippen LogP contribution in [-0.4, -0.2) is 40.8 Å². The number of aromatic amines is 1. The molecular formula is C20H20N4O4. The SMILES string of the molecule is CC(=O)Oc1cccc(C(=O)NCCCNC(=O)c2ccc3nc[nH]c3c2)c1. The third-order valence-electron chi connectivity index (χ3n) is 3.96. The first-order chi connectivity index (χ1) is 13.5. The molecular weight excluding hydrogens is 360 g/mol. The Kier molecular flexibility index (Phi) is 6.01. The molecule has 0 unspecified atom stereocenters. The number of hydrogen-bond acceptors (Lipinski definition) is 5. The van der Waals surface area contributed by atoms with Gasteiger partial charge in [0.15, 0.2) is 0 Å². The van der Waals surface area contributed by atoms with Crippen LogP contribution in [0.4, 0.5) is 0 Å². The molecule has 0 saturated carbocycles. The Labute approximate surface area is 161 Å². The third kappa shape index (κ3) is 4.94. The van der Waals surface area contributed by atoms with Crippen LogP contribution in [0.2, 0.25) is 0 Å². The Hall–Kier alpha value is -3.68. The first-order valence-electron chi connectivity index (χ1n) is 8.81. The van der Waals surface area contributed by atoms with E-state index in [2.05, 4.69) is 20.6 Å². The molecule has 2 amide bonds. The van der Waals surface area contributed by atoms with Gasteiger partial charge in [-0.3, -0.25) is 14.4 Å². The van der Waals surface area contributed by atoms with Gasteiger partial charge in [-0.25, -0.2) is 4.98 Å². The Morgan fingerprint density at radius 3 is 2.43 bits per heavy atom. The summed E-state index contributed by atoms with van der Waals surface area (Å²) in [6.45, 7) is 2.12. The number of hydrogen-bond donors (Lipinski definition) is 3. The summed E-state index contributed by atoms with van der Waals surface area (Å²) in [6, 6.07) is 11.6. The molecule has 0 aliphatic carbocycles. The number of carbonyl (C=O) groups is 3. The maximum atomic E-state index is 12.2. The first kappa shape index (κ1) is 19.1. The van der Waals surface area contributed by atoms with Gasteiger partial charge >= 0.3 is 5.97 Å². The number of aromatic nitrogens is 2. The van der Waals surface area contributed by atoms with Crippen LogP contribution in [-0.2, 0) is 4.79 Å². The van der Waals surface area contributed by atoms with Crippen LogP contribution in [0.5, 0.6) is 5.75 Å². The predicted octanol–water partition coefficient (Wildman–Crippen LogP) is 2.04. The molecule has 0 aliphatic heterocycles. The van der Waals surface area contributed by atoms with E-state index in [0.717, 1.165) is 11.0 Å². The number of nitrogens with one attached hydrogen (secondary N) is 3. The maximum Gasteiger partial charge on any atom is 0.308 e. The van der Waals surface area contributed by atoms with Crippen molar-refractivity contribution in [1.82, 2.24) is 20.6 Å². The number of esters is 1. The van der Waals surface area contributed by atoms with E-state index in [1.807, 2.05) is 0 Å². The fourth-order valence-corrected chi connectivity index (χ4v) is 2.64. The molecule has 0 fully saturated rings. The molecule has 1 aromatic heterocycles. The van der Waals surface area contributed by atoms with Gasteiger partial charge in [-0.05, 0) is 42.8 Å². The van der Waals surface area contributed by atoms with Crippen molar-refractivity contribution in [2.75, 3.05) is 13.1 Å². The van der Waals surface area contributed by atoms with E-state index in [1.165, 1.54) is 13.0 Å². The minimum absolute atomic E-state index is 0.183. The van der Waals surface area contributed by atoms with Crippen molar-refractivity contribution >= 4 is 28.8 Å². The number of H-pyrrole nitrogens is 1. The topological polar surface area (TPSA) is 113 Å². The van der Waals surface area contributed by atoms with Crippen molar-refractivity contribution in [3.8, 4) is 5.75 Å². The maximum absolute atomic E-state index is 12.2. The minimum Gasteiger partial charge on any atom is -0.427 e. The summed E-state index contributed by atoms with van der Waals surface area (Å²) in [4.78, 5) is 42.4. The van der Waals surface area contributed by atoms with E-state index in [-0.39, 0.29) is 11.8 Å². The number of fused-ring (bicyclic) bond motifs is 1. The highest BCUT2D eigenvalue weighted by Crippen LogP contribution is 2.13. The van der Waals surface area contributed by atoms with Gasteiger partial charge in [0.25, 0.3) is 11.8 Å². The monoisotopic (exact) mass is 380 g/mol. The second kappa shape index (κ2) is 8.81. The summed E-state index contributed by atoms with van der Waals surface area (Å²) in [6.07, 6.45) is 2.16. The summed E-state index contributed by atoms with van der Waals surface area (Å²) in [5.74, 6) is -0.580. The lowest BCUT2D eigenvalue weighted by molar-refractivity contribution is -0.131. The zero-order valence-corrected chi connectivity index (χ0v) is 15.3. The predicted molar refractivity (Wildman–Crippen MR) is 103 cm³/mol. The number of amides is 2. The largest absolute Gasteiger partial charge is 0.427 e. The summed E-state index contributed by atoms with van der Waals surface area (Å²) >= 11 is 0. The van der Waals surface area contributed by atoms with Gasteiger partial charge < -0.3 is 20.4 Å². The Balaban J connectivity index is 1.42. The van der Waals surface area contributed by atoms with Gasteiger partial charge in [0.05, 0.1) is 17.4 Å². The molecule has 2 aromatic carbocycles. The molecule has 0 saturated heterocycles. The quantitative estimate of drug-likeness (QED) is 0.330. The fraction of sp³-hybridized carbons (Fsp3) is 0.200. The zero-order chi connectivity index (χ0) is 19.9. The van der Waals surface area contributed by atoms with E-state index in [9.17, 15) is 14.4 Å². The molecule has 3 rings (SSSR count). The van der Waals surface area contributed by atoms with Crippen LogP contribution in [0, 0.1) is 0 Å². The first-order valence-corrected chi connectivity index (χ1v) is 8.81. The zero-order valence-electron chi connectivity index (χ0n) is 15.3. The van der Waals surface area contributed by atoms with E-state index in [0.29, 0.717) is 36.4 Å². The molecule has 8 heteroatoms. The molecule has 28 heavy (non-hydrogen) atoms. The molecule has 144 valence electrons. The number of ether oxygens (including phenoxy) is 1. The standard InChI is InChI=1S/C20H20N4O4/c1-13(25)28-16-5-2-4-14(10-16)19(26)21-8-3-9-22-20(27)15-6-7-17-18(11-15)24-12-23-17/h2,4-7,10-12H,3,8-9H2,1H3,(H,21,26)(H,22,27)(H,23,24). The second-order valence-electron chi connectivity index (χ2n) is 6.12. The average Bonchev–Trinajstić information content (AvgIpc) is 3.15. The van der Waals surface area contributed by atoms with Crippen LogP contribution < -0.4 is 15.4 Å². The summed E-state index contributed by atoms with van der Waals surface area (Å²) in [5, 5.41) is 5.59. The lowest BCUT2D eigenvalue weighted by atomic mass is 10.2. The summed E-state index contributed by atoms with van der Waals surface area (Å²) in [7, 11) is 0. The smallest absolute Gasteiger partial charge is 0.308 e. The number of benzene rings is 2. The van der Waals surface area contributed by atoms with Gasteiger partial charge in [0, 0.05) is 31.1 Å². The third-order valence-corrected chi connectivity index (χ3v) is 3.96. The van der Waals surface area contributed by atoms with Gasteiger partial charge in [-0.2, -0.15) is 0 Å². The molecule has 3 aromatic rings. The van der Waals surface area contributed by atoms with Crippen LogP contribution >= 0.6 is 0 Å². The fourth-order valence-electron chi connectivity index (χ4n) is 2.64. The summed E-state index contributed by atoms with van der Waals surface area (Å²) in [5.41, 5.74) is 2.55. The molecule has 0 atom stereocenters. The normalized spacial score (nSPS) is 10.5. The van der Waals surface area contributed by atoms with E-state index in [1.54, 1.807) is 42.7 Å². The Bertz CT molecular complexity index is 1010. The van der Waals surface area contributed by atoms with Gasteiger partial charge in [0.2, 0.25) is 0 Å². The van der Waals surface area contributed by atoms with Crippen LogP contribution in [0.15, 0.2) is 48.8 Å². The van der Waals surface area contributed by atoms with E-state index < -0.39 is 5.97 Å². The highest BCUT2D eigenvalue weighted by molar-refractivity contribution is 5.97. The number of carbonyl (C=O) groups excluding carboxylic acids is 3. The van der Waals surface area contributed by atoms with Crippen LogP contribution in [0.3, 0.4) is 0 Å². The Morgan fingerprint density at radius 2 is 1.71 bits per heavy atom. The number of imidazole rings is 1. The van der Waals surface area contributed by atoms with Crippen molar-refractivity contribution in [3.63, 3.8) is 0 Å². The van der Waals surface area contributed by atoms with Crippen molar-refractivity contribution < 1.29 is 19.1 Å². The molecule has 0 radical (unpaired) electrons. The van der Waals surface area contributed by atoms with Crippen LogP contribution in [0.1, 0.15) is 34.1 Å². The van der Waals surface area contributed by atoms with Gasteiger partial charge in [0.1, 0.15) is 5.75 Å². The number of nitrogens with zero attached hydrogens (tertiary/aromatic N) is 1. The summed E-state index contributed by atoms with van der Waals surface area (Å²) < 4.78 is 4.97. The molecule has 0 aliphatic rings. The highest BCUT2D eigenvalue weighted by Gasteiger charge is 2.09. The lowest BCUT2D eigenvalue weighted by Crippen LogP contribution is -2.29. The van der Waals surface area contributed by atoms with E-state index >= 15 is 0 Å². The molecule has 1 heterocycles. The van der Waals surface area contributed by atoms with Crippen LogP contribution in [0.25, 0.3) is 11.0 Å². The van der Waals surface area contributed by atoms with Crippen molar-refractivity contribution in [2.45, 2.75) is 13.3 Å². The van der Waals surface area contributed by atoms with Gasteiger partial charge in [-0.15, -0.1) is 0 Å². The average molecular weight is 380 g/mol. The minimum atomic E-state index is -0.444. The highest BCUT2D eigenvalue weighted by atomic mass is 16.5. The van der Waals surface area contributed by atoms with Gasteiger partial charge in [-0.1, -0.05) is 6.07 Å². The molecule has 0 bridgehead atoms. The second-order valence-corrected chi connectivity index (χ2v) is 6.12. The number of rotatable bonds is 7. The lowest BCUT2D eigenvalue weighted by Gasteiger charge is -2.08. The van der Waals surface area contributed by atoms with Crippen molar-refractivity contribution in [3.05, 3.63) is 59.9 Å². The molecule has 0 spiro atoms. The van der Waals surface area contributed by atoms with E-state index in [4.69, 9.17) is 4.74 Å². The Morgan fingerprint density at radius 1 is 1.00 bits per heavy atom.